The van der Waals surface area contributed by atoms with Gasteiger partial charge in [0.15, 0.2) is 11.5 Å². The number of nitrogens with zero attached hydrogens (tertiary/aromatic N) is 2. The number of hydrogen-bond acceptors (Lipinski definition) is 5. The number of fused-ring (bicyclic) bond motifs is 2. The molecule has 144 valence electrons. The zero-order valence-electron chi connectivity index (χ0n) is 15.3. The van der Waals surface area contributed by atoms with E-state index in [4.69, 9.17) is 21.1 Å². The fourth-order valence-electron chi connectivity index (χ4n) is 4.09. The summed E-state index contributed by atoms with van der Waals surface area (Å²) in [5.41, 5.74) is 1.72. The summed E-state index contributed by atoms with van der Waals surface area (Å²) in [6, 6.07) is 11.6. The molecule has 0 radical (unpaired) electrons. The minimum absolute atomic E-state index is 0.155. The van der Waals surface area contributed by atoms with E-state index in [1.807, 2.05) is 6.07 Å². The number of ether oxygens (including phenoxy) is 2. The highest BCUT2D eigenvalue weighted by Crippen LogP contribution is 2.38. The van der Waals surface area contributed by atoms with E-state index in [-0.39, 0.29) is 11.6 Å². The minimum atomic E-state index is -0.155. The molecule has 0 aliphatic carbocycles. The molecule has 2 aliphatic rings. The topological polar surface area (TPSA) is 67.5 Å². The molecule has 0 spiro atoms. The normalized spacial score (nSPS) is 19.2. The summed E-state index contributed by atoms with van der Waals surface area (Å²) in [4.78, 5) is 22.3. The summed E-state index contributed by atoms with van der Waals surface area (Å²) in [5.74, 6) is 2.28. The van der Waals surface area contributed by atoms with Gasteiger partial charge in [-0.2, -0.15) is 0 Å². The number of aromatic nitrogens is 2. The van der Waals surface area contributed by atoms with Crippen LogP contribution in [0.5, 0.6) is 11.5 Å². The Balaban J connectivity index is 1.42. The number of rotatable bonds is 3. The van der Waals surface area contributed by atoms with Crippen molar-refractivity contribution in [2.75, 3.05) is 19.8 Å². The molecule has 1 aromatic heterocycles. The Morgan fingerprint density at radius 3 is 2.89 bits per heavy atom. The van der Waals surface area contributed by atoms with Crippen LogP contribution in [0.3, 0.4) is 0 Å². The van der Waals surface area contributed by atoms with Gasteiger partial charge in [-0.3, -0.25) is 9.69 Å². The van der Waals surface area contributed by atoms with E-state index in [9.17, 15) is 4.79 Å². The molecule has 0 unspecified atom stereocenters. The lowest BCUT2D eigenvalue weighted by Gasteiger charge is -2.26. The second-order valence-electron chi connectivity index (χ2n) is 7.21. The van der Waals surface area contributed by atoms with Crippen molar-refractivity contribution >= 4 is 22.5 Å². The van der Waals surface area contributed by atoms with Gasteiger partial charge in [0.05, 0.1) is 17.4 Å². The third-order valence-electron chi connectivity index (χ3n) is 5.38. The van der Waals surface area contributed by atoms with Gasteiger partial charge in [-0.15, -0.1) is 0 Å². The fourth-order valence-corrected chi connectivity index (χ4v) is 4.26. The van der Waals surface area contributed by atoms with Gasteiger partial charge in [-0.25, -0.2) is 4.98 Å². The highest BCUT2D eigenvalue weighted by Gasteiger charge is 2.28. The van der Waals surface area contributed by atoms with Crippen LogP contribution in [-0.2, 0) is 6.54 Å². The number of likely N-dealkylation sites (tertiary alicyclic amines) is 1. The highest BCUT2D eigenvalue weighted by atomic mass is 35.5. The van der Waals surface area contributed by atoms with Crippen molar-refractivity contribution < 1.29 is 9.47 Å². The van der Waals surface area contributed by atoms with Gasteiger partial charge in [0.25, 0.3) is 5.56 Å². The number of benzene rings is 2. The Morgan fingerprint density at radius 2 is 2.00 bits per heavy atom. The maximum Gasteiger partial charge on any atom is 0.258 e. The summed E-state index contributed by atoms with van der Waals surface area (Å²) in [6.07, 6.45) is 2.17. The maximum absolute atomic E-state index is 12.4. The Bertz CT molecular complexity index is 1100. The fraction of sp³-hybridized carbons (Fsp3) is 0.333. The highest BCUT2D eigenvalue weighted by molar-refractivity contribution is 6.31. The van der Waals surface area contributed by atoms with Gasteiger partial charge in [-0.1, -0.05) is 17.7 Å². The molecule has 5 rings (SSSR count). The first-order chi connectivity index (χ1) is 13.7. The van der Waals surface area contributed by atoms with Crippen molar-refractivity contribution in [2.24, 2.45) is 0 Å². The average molecular weight is 398 g/mol. The van der Waals surface area contributed by atoms with Crippen molar-refractivity contribution in [2.45, 2.75) is 25.4 Å². The lowest BCUT2D eigenvalue weighted by Crippen LogP contribution is -2.26. The third-order valence-corrected chi connectivity index (χ3v) is 5.62. The van der Waals surface area contributed by atoms with Crippen LogP contribution in [0.1, 0.15) is 30.3 Å². The maximum atomic E-state index is 12.4. The Labute approximate surface area is 167 Å². The summed E-state index contributed by atoms with van der Waals surface area (Å²) < 4.78 is 11.4. The number of nitrogens with one attached hydrogen (secondary N) is 1. The van der Waals surface area contributed by atoms with Crippen molar-refractivity contribution in [1.82, 2.24) is 14.9 Å². The smallest absolute Gasteiger partial charge is 0.258 e. The molecular formula is C21H20ClN3O3. The summed E-state index contributed by atoms with van der Waals surface area (Å²) in [6.45, 7) is 2.72. The SMILES string of the molecule is O=c1[nH]c(CN2CCC[C@@H]2c2ccc3c(c2)OCCO3)nc2ccc(Cl)cc12. The Kier molecular flexibility index (Phi) is 4.45. The zero-order valence-corrected chi connectivity index (χ0v) is 16.0. The molecule has 28 heavy (non-hydrogen) atoms. The molecule has 0 saturated carbocycles. The standard InChI is InChI=1S/C21H20ClN3O3/c22-14-4-5-16-15(11-14)21(26)24-20(23-16)12-25-7-1-2-17(25)13-3-6-18-19(10-13)28-9-8-27-18/h3-6,10-11,17H,1-2,7-9,12H2,(H,23,24,26)/t17-/m1/s1. The zero-order chi connectivity index (χ0) is 19.1. The van der Waals surface area contributed by atoms with Gasteiger partial charge in [0, 0.05) is 11.1 Å². The van der Waals surface area contributed by atoms with Crippen LogP contribution in [0.2, 0.25) is 5.02 Å². The number of H-pyrrole nitrogens is 1. The number of aromatic amines is 1. The van der Waals surface area contributed by atoms with Crippen LogP contribution < -0.4 is 15.0 Å². The van der Waals surface area contributed by atoms with Gasteiger partial charge < -0.3 is 14.5 Å². The van der Waals surface area contributed by atoms with Crippen molar-refractivity contribution in [3.8, 4) is 11.5 Å². The molecule has 0 amide bonds. The van der Waals surface area contributed by atoms with Gasteiger partial charge >= 0.3 is 0 Å². The van der Waals surface area contributed by atoms with Crippen LogP contribution in [0.4, 0.5) is 0 Å². The first kappa shape index (κ1) is 17.5. The lowest BCUT2D eigenvalue weighted by atomic mass is 10.0. The molecule has 6 nitrogen and oxygen atoms in total. The minimum Gasteiger partial charge on any atom is -0.486 e. The molecule has 7 heteroatoms. The van der Waals surface area contributed by atoms with E-state index in [2.05, 4.69) is 27.0 Å². The summed E-state index contributed by atoms with van der Waals surface area (Å²) >= 11 is 6.00. The molecule has 2 aromatic carbocycles. The molecule has 1 saturated heterocycles. The van der Waals surface area contributed by atoms with Crippen molar-refractivity contribution in [3.05, 3.63) is 63.2 Å². The van der Waals surface area contributed by atoms with E-state index in [1.165, 1.54) is 5.56 Å². The van der Waals surface area contributed by atoms with Crippen molar-refractivity contribution in [3.63, 3.8) is 0 Å². The largest absolute Gasteiger partial charge is 0.486 e. The molecule has 1 fully saturated rings. The van der Waals surface area contributed by atoms with Crippen LogP contribution >= 0.6 is 11.6 Å². The Morgan fingerprint density at radius 1 is 1.14 bits per heavy atom. The third kappa shape index (κ3) is 3.23. The summed E-state index contributed by atoms with van der Waals surface area (Å²) in [7, 11) is 0. The first-order valence-corrected chi connectivity index (χ1v) is 9.87. The van der Waals surface area contributed by atoms with Crippen LogP contribution in [0.25, 0.3) is 10.9 Å². The second kappa shape index (κ2) is 7.11. The molecule has 3 aromatic rings. The molecule has 0 bridgehead atoms. The first-order valence-electron chi connectivity index (χ1n) is 9.49. The molecule has 1 N–H and O–H groups in total. The molecule has 1 atom stereocenters. The quantitative estimate of drug-likeness (QED) is 0.730. The molecular weight excluding hydrogens is 378 g/mol. The van der Waals surface area contributed by atoms with Gasteiger partial charge in [0.2, 0.25) is 0 Å². The van der Waals surface area contributed by atoms with Gasteiger partial charge in [0.1, 0.15) is 19.0 Å². The average Bonchev–Trinajstić information content (AvgIpc) is 3.16. The molecule has 3 heterocycles. The van der Waals surface area contributed by atoms with Crippen molar-refractivity contribution in [1.29, 1.82) is 0 Å². The molecule has 2 aliphatic heterocycles. The predicted molar refractivity (Wildman–Crippen MR) is 107 cm³/mol. The van der Waals surface area contributed by atoms with E-state index in [0.29, 0.717) is 41.5 Å². The van der Waals surface area contributed by atoms with E-state index in [1.54, 1.807) is 18.2 Å². The number of halogens is 1. The van der Waals surface area contributed by atoms with Crippen LogP contribution in [-0.4, -0.2) is 34.6 Å². The van der Waals surface area contributed by atoms with Gasteiger partial charge in [-0.05, 0) is 55.3 Å². The Hall–Kier alpha value is -2.57. The van der Waals surface area contributed by atoms with E-state index in [0.717, 1.165) is 30.9 Å². The second-order valence-corrected chi connectivity index (χ2v) is 7.64. The van der Waals surface area contributed by atoms with E-state index >= 15 is 0 Å². The monoisotopic (exact) mass is 397 g/mol. The van der Waals surface area contributed by atoms with Crippen LogP contribution in [0, 0.1) is 0 Å². The summed E-state index contributed by atoms with van der Waals surface area (Å²) in [5, 5.41) is 1.05. The number of hydrogen-bond donors (Lipinski definition) is 1. The van der Waals surface area contributed by atoms with E-state index < -0.39 is 0 Å². The lowest BCUT2D eigenvalue weighted by molar-refractivity contribution is 0.170. The predicted octanol–water partition coefficient (Wildman–Crippen LogP) is 3.68. The van der Waals surface area contributed by atoms with Crippen LogP contribution in [0.15, 0.2) is 41.2 Å².